The Morgan fingerprint density at radius 3 is 2.14 bits per heavy atom. The first kappa shape index (κ1) is 7.30. The van der Waals surface area contributed by atoms with Gasteiger partial charge in [-0.2, -0.15) is 0 Å². The molecular formula is C14H20. The monoisotopic (exact) mass is 188 g/mol. The van der Waals surface area contributed by atoms with E-state index < -0.39 is 0 Å². The molecule has 76 valence electrons. The lowest BCUT2D eigenvalue weighted by atomic mass is 9.61. The van der Waals surface area contributed by atoms with Gasteiger partial charge in [-0.15, -0.1) is 0 Å². The predicted molar refractivity (Wildman–Crippen MR) is 55.6 cm³/mol. The maximum atomic E-state index is 1.67. The lowest BCUT2D eigenvalue weighted by Gasteiger charge is -2.44. The smallest absolute Gasteiger partial charge is 0.0323 e. The van der Waals surface area contributed by atoms with Crippen LogP contribution >= 0.6 is 0 Å². The summed E-state index contributed by atoms with van der Waals surface area (Å²) in [6, 6.07) is 0. The summed E-state index contributed by atoms with van der Waals surface area (Å²) in [6.45, 7) is 0. The third-order valence-corrected chi connectivity index (χ3v) is 7.00. The van der Waals surface area contributed by atoms with Crippen molar-refractivity contribution >= 4 is 0 Å². The largest absolute Gasteiger partial charge is 0.0499 e. The molecule has 0 heterocycles. The van der Waals surface area contributed by atoms with Crippen LogP contribution in [0.1, 0.15) is 38.5 Å². The lowest BCUT2D eigenvalue weighted by Crippen LogP contribution is -2.38. The molecule has 8 atom stereocenters. The van der Waals surface area contributed by atoms with Crippen LogP contribution in [0.25, 0.3) is 0 Å². The Kier molecular flexibility index (Phi) is 1.08. The van der Waals surface area contributed by atoms with Gasteiger partial charge in [0.1, 0.15) is 0 Å². The molecule has 0 radical (unpaired) electrons. The van der Waals surface area contributed by atoms with E-state index in [0.717, 1.165) is 0 Å². The molecule has 0 aromatic rings. The fraction of sp³-hybridized carbons (Fsp3) is 1.00. The minimum Gasteiger partial charge on any atom is -0.0499 e. The highest BCUT2D eigenvalue weighted by atomic mass is 14.7. The molecule has 5 aliphatic rings. The summed E-state index contributed by atoms with van der Waals surface area (Å²) >= 11 is 0. The maximum absolute atomic E-state index is 1.67. The zero-order valence-corrected chi connectivity index (χ0v) is 8.86. The van der Waals surface area contributed by atoms with E-state index in [1.165, 1.54) is 47.3 Å². The molecule has 8 unspecified atom stereocenters. The summed E-state index contributed by atoms with van der Waals surface area (Å²) in [5.74, 6) is 9.79. The quantitative estimate of drug-likeness (QED) is 0.547. The number of hydrogen-bond acceptors (Lipinski definition) is 0. The van der Waals surface area contributed by atoms with Crippen molar-refractivity contribution in [2.75, 3.05) is 0 Å². The Labute approximate surface area is 86.5 Å². The van der Waals surface area contributed by atoms with Gasteiger partial charge in [0.2, 0.25) is 0 Å². The van der Waals surface area contributed by atoms with E-state index >= 15 is 0 Å². The first-order valence-electron chi connectivity index (χ1n) is 6.92. The van der Waals surface area contributed by atoms with E-state index in [0.29, 0.717) is 0 Å². The summed E-state index contributed by atoms with van der Waals surface area (Å²) in [5, 5.41) is 0. The molecule has 0 aromatic carbocycles. The average Bonchev–Trinajstić information content (AvgIpc) is 2.93. The van der Waals surface area contributed by atoms with E-state index in [1.807, 2.05) is 0 Å². The SMILES string of the molecule is C1CC2C3CC1C2C1CC2CC3C1C2. The van der Waals surface area contributed by atoms with Crippen molar-refractivity contribution < 1.29 is 0 Å². The van der Waals surface area contributed by atoms with E-state index in [9.17, 15) is 0 Å². The summed E-state index contributed by atoms with van der Waals surface area (Å²) in [6.07, 6.45) is 9.88. The van der Waals surface area contributed by atoms with Crippen LogP contribution in [0.5, 0.6) is 0 Å². The molecule has 0 aromatic heterocycles. The van der Waals surface area contributed by atoms with Crippen LogP contribution in [0.15, 0.2) is 0 Å². The predicted octanol–water partition coefficient (Wildman–Crippen LogP) is 3.32. The fourth-order valence-electron chi connectivity index (χ4n) is 6.99. The normalized spacial score (nSPS) is 72.0. The van der Waals surface area contributed by atoms with Gasteiger partial charge >= 0.3 is 0 Å². The average molecular weight is 188 g/mol. The van der Waals surface area contributed by atoms with Gasteiger partial charge < -0.3 is 0 Å². The van der Waals surface area contributed by atoms with E-state index in [1.54, 1.807) is 38.5 Å². The molecule has 0 amide bonds. The van der Waals surface area contributed by atoms with Crippen LogP contribution in [0.4, 0.5) is 0 Å². The van der Waals surface area contributed by atoms with Crippen LogP contribution in [-0.4, -0.2) is 0 Å². The molecule has 0 saturated heterocycles. The molecular weight excluding hydrogens is 168 g/mol. The molecule has 0 N–H and O–H groups in total. The van der Waals surface area contributed by atoms with Crippen molar-refractivity contribution in [1.29, 1.82) is 0 Å². The van der Waals surface area contributed by atoms with Crippen LogP contribution in [0.2, 0.25) is 0 Å². The van der Waals surface area contributed by atoms with Gasteiger partial charge in [0, 0.05) is 0 Å². The highest BCUT2D eigenvalue weighted by Crippen LogP contribution is 2.72. The number of rotatable bonds is 0. The van der Waals surface area contributed by atoms with Crippen LogP contribution in [0.3, 0.4) is 0 Å². The molecule has 14 heavy (non-hydrogen) atoms. The fourth-order valence-corrected chi connectivity index (χ4v) is 6.99. The van der Waals surface area contributed by atoms with Gasteiger partial charge in [-0.05, 0) is 85.9 Å². The molecule has 5 rings (SSSR count). The summed E-state index contributed by atoms with van der Waals surface area (Å²) in [5.41, 5.74) is 0. The minimum atomic E-state index is 1.19. The lowest BCUT2D eigenvalue weighted by molar-refractivity contribution is 0.0379. The number of fused-ring (bicyclic) bond motifs is 2. The second-order valence-electron chi connectivity index (χ2n) is 7.04. The van der Waals surface area contributed by atoms with E-state index in [-0.39, 0.29) is 0 Å². The second kappa shape index (κ2) is 2.08. The zero-order valence-electron chi connectivity index (χ0n) is 8.86. The third kappa shape index (κ3) is 0.605. The van der Waals surface area contributed by atoms with Crippen LogP contribution in [-0.2, 0) is 0 Å². The number of hydrogen-bond donors (Lipinski definition) is 0. The van der Waals surface area contributed by atoms with Gasteiger partial charge in [-0.1, -0.05) is 0 Å². The molecule has 5 fully saturated rings. The Hall–Kier alpha value is 0. The van der Waals surface area contributed by atoms with Crippen LogP contribution < -0.4 is 0 Å². The zero-order chi connectivity index (χ0) is 8.86. The summed E-state index contributed by atoms with van der Waals surface area (Å²) in [4.78, 5) is 0. The van der Waals surface area contributed by atoms with Gasteiger partial charge in [-0.3, -0.25) is 0 Å². The van der Waals surface area contributed by atoms with Crippen molar-refractivity contribution in [1.82, 2.24) is 0 Å². The molecule has 5 saturated carbocycles. The Morgan fingerprint density at radius 2 is 1.29 bits per heavy atom. The van der Waals surface area contributed by atoms with Crippen molar-refractivity contribution in [2.45, 2.75) is 38.5 Å². The minimum absolute atomic E-state index is 1.19. The van der Waals surface area contributed by atoms with E-state index in [4.69, 9.17) is 0 Å². The molecule has 6 bridgehead atoms. The van der Waals surface area contributed by atoms with Gasteiger partial charge in [0.05, 0.1) is 0 Å². The Morgan fingerprint density at radius 1 is 0.571 bits per heavy atom. The Balaban J connectivity index is 1.68. The van der Waals surface area contributed by atoms with Crippen molar-refractivity contribution in [2.24, 2.45) is 47.3 Å². The molecule has 0 spiro atoms. The van der Waals surface area contributed by atoms with Crippen molar-refractivity contribution in [3.8, 4) is 0 Å². The van der Waals surface area contributed by atoms with Crippen molar-refractivity contribution in [3.05, 3.63) is 0 Å². The summed E-state index contributed by atoms with van der Waals surface area (Å²) < 4.78 is 0. The first-order chi connectivity index (χ1) is 6.92. The maximum Gasteiger partial charge on any atom is -0.0323 e. The molecule has 0 nitrogen and oxygen atoms in total. The van der Waals surface area contributed by atoms with Crippen molar-refractivity contribution in [3.63, 3.8) is 0 Å². The molecule has 0 aliphatic heterocycles. The molecule has 0 heteroatoms. The first-order valence-corrected chi connectivity index (χ1v) is 6.92. The highest BCUT2D eigenvalue weighted by molar-refractivity contribution is 5.13. The highest BCUT2D eigenvalue weighted by Gasteiger charge is 2.64. The van der Waals surface area contributed by atoms with Crippen LogP contribution in [0, 0.1) is 47.3 Å². The topological polar surface area (TPSA) is 0 Å². The third-order valence-electron chi connectivity index (χ3n) is 7.00. The van der Waals surface area contributed by atoms with E-state index in [2.05, 4.69) is 0 Å². The summed E-state index contributed by atoms with van der Waals surface area (Å²) in [7, 11) is 0. The van der Waals surface area contributed by atoms with Gasteiger partial charge in [0.15, 0.2) is 0 Å². The van der Waals surface area contributed by atoms with Gasteiger partial charge in [-0.25, -0.2) is 0 Å². The Bertz CT molecular complexity index is 292. The molecule has 5 aliphatic carbocycles. The standard InChI is InChI=1S/C14H20/c1-2-9-12-6-8(1)14(9)13-5-7-3-10(12)11(13)4-7/h7-14H,1-6H2. The van der Waals surface area contributed by atoms with Gasteiger partial charge in [0.25, 0.3) is 0 Å². The second-order valence-corrected chi connectivity index (χ2v) is 7.04.